The number of alkyl halides is 3. The van der Waals surface area contributed by atoms with Crippen molar-refractivity contribution in [3.63, 3.8) is 0 Å². The molecular formula is C26H29F3N2O4S. The standard InChI is InChI=1S/C14H21NO2.C12H8F3NO2S/c1-16-13-6-5-11(9-14(13)17-2)7-8-15-10-12-3-4-12;1-6-16-9(10(19-6)11(17)18)7-3-2-4-8(5-7)12(13,14)15/h5-6,9,12,15H,3-4,7-8,10H2,1-2H3;2-5H,1H3,(H,17,18). The second-order valence-corrected chi connectivity index (χ2v) is 9.58. The van der Waals surface area contributed by atoms with Crippen molar-refractivity contribution in [1.82, 2.24) is 10.3 Å². The molecule has 0 saturated heterocycles. The number of ether oxygens (including phenoxy) is 2. The fraction of sp³-hybridized carbons (Fsp3) is 0.385. The molecule has 1 saturated carbocycles. The molecule has 4 rings (SSSR count). The van der Waals surface area contributed by atoms with Crippen molar-refractivity contribution in [3.8, 4) is 22.8 Å². The SMILES string of the molecule is COc1ccc(CCNCC2CC2)cc1OC.Cc1nc(-c2cccc(C(F)(F)F)c2)c(C(=O)O)s1. The number of thiazole rings is 1. The fourth-order valence-electron chi connectivity index (χ4n) is 3.51. The monoisotopic (exact) mass is 522 g/mol. The number of carboxylic acid groups (broad SMARTS) is 1. The first-order valence-corrected chi connectivity index (χ1v) is 12.2. The lowest BCUT2D eigenvalue weighted by atomic mass is 10.1. The van der Waals surface area contributed by atoms with Crippen molar-refractivity contribution in [3.05, 3.63) is 63.5 Å². The molecule has 10 heteroatoms. The number of methoxy groups -OCH3 is 2. The highest BCUT2D eigenvalue weighted by Crippen LogP contribution is 2.34. The van der Waals surface area contributed by atoms with Crippen LogP contribution in [0.25, 0.3) is 11.3 Å². The van der Waals surface area contributed by atoms with Gasteiger partial charge in [0.05, 0.1) is 30.5 Å². The van der Waals surface area contributed by atoms with Crippen LogP contribution in [-0.4, -0.2) is 43.4 Å². The number of aryl methyl sites for hydroxylation is 1. The predicted octanol–water partition coefficient (Wildman–Crippen LogP) is 6.08. The Bertz CT molecular complexity index is 1180. The average molecular weight is 523 g/mol. The normalized spacial score (nSPS) is 13.1. The molecule has 2 N–H and O–H groups in total. The van der Waals surface area contributed by atoms with Gasteiger partial charge in [0.15, 0.2) is 11.5 Å². The molecule has 0 amide bonds. The Morgan fingerprint density at radius 3 is 2.47 bits per heavy atom. The van der Waals surface area contributed by atoms with Gasteiger partial charge in [-0.25, -0.2) is 9.78 Å². The number of aromatic carboxylic acids is 1. The molecular weight excluding hydrogens is 493 g/mol. The number of carbonyl (C=O) groups is 1. The zero-order valence-corrected chi connectivity index (χ0v) is 21.1. The van der Waals surface area contributed by atoms with E-state index < -0.39 is 17.7 Å². The van der Waals surface area contributed by atoms with E-state index in [9.17, 15) is 18.0 Å². The third-order valence-corrected chi connectivity index (χ3v) is 6.52. The number of nitrogens with one attached hydrogen (secondary N) is 1. The molecule has 1 aliphatic carbocycles. The summed E-state index contributed by atoms with van der Waals surface area (Å²) in [6, 6.07) is 10.6. The van der Waals surface area contributed by atoms with Crippen LogP contribution >= 0.6 is 11.3 Å². The Hall–Kier alpha value is -3.11. The van der Waals surface area contributed by atoms with E-state index in [0.717, 1.165) is 53.9 Å². The minimum Gasteiger partial charge on any atom is -0.493 e. The van der Waals surface area contributed by atoms with E-state index in [-0.39, 0.29) is 16.1 Å². The molecule has 3 aromatic rings. The van der Waals surface area contributed by atoms with Crippen LogP contribution in [0.1, 0.15) is 38.6 Å². The molecule has 0 unspecified atom stereocenters. The number of hydrogen-bond acceptors (Lipinski definition) is 6. The number of halogens is 3. The number of rotatable bonds is 9. The van der Waals surface area contributed by atoms with Crippen molar-refractivity contribution in [1.29, 1.82) is 0 Å². The van der Waals surface area contributed by atoms with E-state index >= 15 is 0 Å². The number of nitrogens with zero attached hydrogens (tertiary/aromatic N) is 1. The first-order chi connectivity index (χ1) is 17.1. The summed E-state index contributed by atoms with van der Waals surface area (Å²) in [5, 5.41) is 13.0. The summed E-state index contributed by atoms with van der Waals surface area (Å²) < 4.78 is 48.3. The van der Waals surface area contributed by atoms with Crippen LogP contribution < -0.4 is 14.8 Å². The highest BCUT2D eigenvalue weighted by atomic mass is 32.1. The van der Waals surface area contributed by atoms with Gasteiger partial charge in [0.1, 0.15) is 4.88 Å². The van der Waals surface area contributed by atoms with Crippen molar-refractivity contribution in [2.24, 2.45) is 5.92 Å². The van der Waals surface area contributed by atoms with Crippen molar-refractivity contribution >= 4 is 17.3 Å². The third kappa shape index (κ3) is 7.69. The van der Waals surface area contributed by atoms with Crippen LogP contribution in [0.2, 0.25) is 0 Å². The fourth-order valence-corrected chi connectivity index (χ4v) is 4.29. The predicted molar refractivity (Wildman–Crippen MR) is 133 cm³/mol. The van der Waals surface area contributed by atoms with E-state index in [1.807, 2.05) is 6.07 Å². The molecule has 0 spiro atoms. The second kappa shape index (κ2) is 12.2. The lowest BCUT2D eigenvalue weighted by Crippen LogP contribution is -2.19. The van der Waals surface area contributed by atoms with Crippen LogP contribution in [0.4, 0.5) is 13.2 Å². The lowest BCUT2D eigenvalue weighted by Gasteiger charge is -2.09. The zero-order valence-electron chi connectivity index (χ0n) is 20.3. The van der Waals surface area contributed by atoms with Gasteiger partial charge in [-0.05, 0) is 75.0 Å². The highest BCUT2D eigenvalue weighted by Gasteiger charge is 2.31. The number of hydrogen-bond donors (Lipinski definition) is 2. The van der Waals surface area contributed by atoms with Gasteiger partial charge in [0, 0.05) is 5.56 Å². The Labute approximate surface area is 212 Å². The topological polar surface area (TPSA) is 80.7 Å². The van der Waals surface area contributed by atoms with Crippen LogP contribution in [0.5, 0.6) is 11.5 Å². The molecule has 1 aromatic heterocycles. The molecule has 0 bridgehead atoms. The maximum atomic E-state index is 12.6. The highest BCUT2D eigenvalue weighted by molar-refractivity contribution is 7.14. The van der Waals surface area contributed by atoms with Gasteiger partial charge in [-0.3, -0.25) is 0 Å². The van der Waals surface area contributed by atoms with Crippen molar-refractivity contribution in [2.45, 2.75) is 32.4 Å². The maximum absolute atomic E-state index is 12.6. The summed E-state index contributed by atoms with van der Waals surface area (Å²) in [5.41, 5.74) is 0.676. The van der Waals surface area contributed by atoms with Crippen LogP contribution in [0.15, 0.2) is 42.5 Å². The minimum atomic E-state index is -4.47. The van der Waals surface area contributed by atoms with E-state index in [1.165, 1.54) is 37.1 Å². The second-order valence-electron chi connectivity index (χ2n) is 8.38. The largest absolute Gasteiger partial charge is 0.493 e. The van der Waals surface area contributed by atoms with E-state index in [1.54, 1.807) is 21.1 Å². The summed E-state index contributed by atoms with van der Waals surface area (Å²) in [5.74, 6) is 1.35. The average Bonchev–Trinajstić information content (AvgIpc) is 3.60. The molecule has 36 heavy (non-hydrogen) atoms. The minimum absolute atomic E-state index is 0.0585. The van der Waals surface area contributed by atoms with Gasteiger partial charge < -0.3 is 19.9 Å². The Morgan fingerprint density at radius 1 is 1.14 bits per heavy atom. The Kier molecular flexibility index (Phi) is 9.33. The number of aromatic nitrogens is 1. The Balaban J connectivity index is 0.000000202. The molecule has 194 valence electrons. The van der Waals surface area contributed by atoms with Crippen molar-refractivity contribution < 1.29 is 32.5 Å². The summed E-state index contributed by atoms with van der Waals surface area (Å²) in [6.07, 6.45) is -0.621. The molecule has 0 radical (unpaired) electrons. The molecule has 1 aliphatic rings. The molecule has 1 heterocycles. The molecule has 2 aromatic carbocycles. The number of benzene rings is 2. The van der Waals surface area contributed by atoms with Crippen molar-refractivity contribution in [2.75, 3.05) is 27.3 Å². The van der Waals surface area contributed by atoms with Gasteiger partial charge in [0.25, 0.3) is 0 Å². The van der Waals surface area contributed by atoms with E-state index in [4.69, 9.17) is 14.6 Å². The first kappa shape index (κ1) is 27.5. The lowest BCUT2D eigenvalue weighted by molar-refractivity contribution is -0.137. The summed E-state index contributed by atoms with van der Waals surface area (Å²) in [6.45, 7) is 3.81. The number of carboxylic acids is 1. The van der Waals surface area contributed by atoms with Crippen LogP contribution in [-0.2, 0) is 12.6 Å². The zero-order chi connectivity index (χ0) is 26.3. The van der Waals surface area contributed by atoms with E-state index in [2.05, 4.69) is 22.4 Å². The summed E-state index contributed by atoms with van der Waals surface area (Å²) in [7, 11) is 3.34. The van der Waals surface area contributed by atoms with Gasteiger partial charge in [-0.2, -0.15) is 13.2 Å². The molecule has 0 aliphatic heterocycles. The van der Waals surface area contributed by atoms with Gasteiger partial charge >= 0.3 is 12.1 Å². The quantitative estimate of drug-likeness (QED) is 0.332. The summed E-state index contributed by atoms with van der Waals surface area (Å²) >= 11 is 0.939. The first-order valence-electron chi connectivity index (χ1n) is 11.4. The van der Waals surface area contributed by atoms with Crippen LogP contribution in [0.3, 0.4) is 0 Å². The molecule has 1 fully saturated rings. The molecule has 0 atom stereocenters. The van der Waals surface area contributed by atoms with Gasteiger partial charge in [-0.1, -0.05) is 18.2 Å². The van der Waals surface area contributed by atoms with E-state index in [0.29, 0.717) is 5.01 Å². The Morgan fingerprint density at radius 2 is 1.86 bits per heavy atom. The maximum Gasteiger partial charge on any atom is 0.416 e. The van der Waals surface area contributed by atoms with Gasteiger partial charge in [0.2, 0.25) is 0 Å². The van der Waals surface area contributed by atoms with Gasteiger partial charge in [-0.15, -0.1) is 11.3 Å². The summed E-state index contributed by atoms with van der Waals surface area (Å²) in [4.78, 5) is 15.0. The van der Waals surface area contributed by atoms with Crippen LogP contribution in [0, 0.1) is 12.8 Å². The third-order valence-electron chi connectivity index (χ3n) is 5.56. The molecule has 6 nitrogen and oxygen atoms in total. The smallest absolute Gasteiger partial charge is 0.416 e.